The average molecular weight is 260 g/mol. The SMILES string of the molecule is CC(C)CC(C(=O)O)c1cccc(C(F)(F)F)c1. The van der Waals surface area contributed by atoms with Crippen molar-refractivity contribution in [3.05, 3.63) is 35.4 Å². The Balaban J connectivity index is 3.10. The van der Waals surface area contributed by atoms with E-state index in [1.807, 2.05) is 13.8 Å². The third-order valence-electron chi connectivity index (χ3n) is 2.62. The molecule has 0 radical (unpaired) electrons. The maximum Gasteiger partial charge on any atom is 0.416 e. The van der Waals surface area contributed by atoms with E-state index in [4.69, 9.17) is 5.11 Å². The number of carbonyl (C=O) groups is 1. The van der Waals surface area contributed by atoms with E-state index in [-0.39, 0.29) is 11.5 Å². The summed E-state index contributed by atoms with van der Waals surface area (Å²) in [4.78, 5) is 11.1. The minimum absolute atomic E-state index is 0.0978. The highest BCUT2D eigenvalue weighted by molar-refractivity contribution is 5.76. The lowest BCUT2D eigenvalue weighted by atomic mass is 9.89. The molecular weight excluding hydrogens is 245 g/mol. The summed E-state index contributed by atoms with van der Waals surface area (Å²) in [6.45, 7) is 3.67. The minimum Gasteiger partial charge on any atom is -0.481 e. The maximum atomic E-state index is 12.5. The van der Waals surface area contributed by atoms with Crippen LogP contribution in [-0.4, -0.2) is 11.1 Å². The van der Waals surface area contributed by atoms with E-state index in [9.17, 15) is 18.0 Å². The number of carboxylic acids is 1. The Hall–Kier alpha value is -1.52. The molecule has 2 nitrogen and oxygen atoms in total. The van der Waals surface area contributed by atoms with Crippen LogP contribution < -0.4 is 0 Å². The van der Waals surface area contributed by atoms with E-state index in [2.05, 4.69) is 0 Å². The van der Waals surface area contributed by atoms with Gasteiger partial charge in [0.15, 0.2) is 0 Å². The van der Waals surface area contributed by atoms with Gasteiger partial charge in [-0.25, -0.2) is 0 Å². The summed E-state index contributed by atoms with van der Waals surface area (Å²) in [6, 6.07) is 4.53. The first-order valence-corrected chi connectivity index (χ1v) is 5.61. The number of benzene rings is 1. The summed E-state index contributed by atoms with van der Waals surface area (Å²) in [6.07, 6.45) is -4.13. The molecule has 0 aliphatic heterocycles. The van der Waals surface area contributed by atoms with Gasteiger partial charge >= 0.3 is 12.1 Å². The lowest BCUT2D eigenvalue weighted by Gasteiger charge is -2.16. The van der Waals surface area contributed by atoms with Crippen LogP contribution in [0.15, 0.2) is 24.3 Å². The molecule has 1 atom stereocenters. The van der Waals surface area contributed by atoms with Crippen molar-refractivity contribution in [1.82, 2.24) is 0 Å². The van der Waals surface area contributed by atoms with Gasteiger partial charge < -0.3 is 5.11 Å². The summed E-state index contributed by atoms with van der Waals surface area (Å²) < 4.78 is 37.6. The van der Waals surface area contributed by atoms with E-state index in [1.165, 1.54) is 12.1 Å². The molecule has 1 rings (SSSR count). The quantitative estimate of drug-likeness (QED) is 0.890. The largest absolute Gasteiger partial charge is 0.481 e. The van der Waals surface area contributed by atoms with Crippen LogP contribution in [0.25, 0.3) is 0 Å². The van der Waals surface area contributed by atoms with Gasteiger partial charge in [0.1, 0.15) is 0 Å². The predicted molar refractivity (Wildman–Crippen MR) is 61.3 cm³/mol. The van der Waals surface area contributed by atoms with Gasteiger partial charge in [-0.15, -0.1) is 0 Å². The summed E-state index contributed by atoms with van der Waals surface area (Å²) in [5.74, 6) is -1.89. The normalized spacial score (nSPS) is 13.7. The summed E-state index contributed by atoms with van der Waals surface area (Å²) >= 11 is 0. The minimum atomic E-state index is -4.45. The Morgan fingerprint density at radius 1 is 1.33 bits per heavy atom. The van der Waals surface area contributed by atoms with Gasteiger partial charge in [0, 0.05) is 0 Å². The van der Waals surface area contributed by atoms with Crippen molar-refractivity contribution in [3.63, 3.8) is 0 Å². The van der Waals surface area contributed by atoms with Crippen LogP contribution in [0, 0.1) is 5.92 Å². The Morgan fingerprint density at radius 2 is 1.94 bits per heavy atom. The van der Waals surface area contributed by atoms with E-state index in [1.54, 1.807) is 0 Å². The zero-order valence-electron chi connectivity index (χ0n) is 10.2. The van der Waals surface area contributed by atoms with E-state index < -0.39 is 23.6 Å². The molecule has 18 heavy (non-hydrogen) atoms. The first kappa shape index (κ1) is 14.5. The highest BCUT2D eigenvalue weighted by atomic mass is 19.4. The first-order chi connectivity index (χ1) is 8.21. The van der Waals surface area contributed by atoms with Crippen LogP contribution in [0.3, 0.4) is 0 Å². The van der Waals surface area contributed by atoms with Crippen molar-refractivity contribution >= 4 is 5.97 Å². The molecule has 0 aromatic heterocycles. The van der Waals surface area contributed by atoms with Gasteiger partial charge in [0.05, 0.1) is 11.5 Å². The Labute approximate surface area is 103 Å². The molecule has 0 saturated carbocycles. The number of alkyl halides is 3. The van der Waals surface area contributed by atoms with E-state index >= 15 is 0 Å². The molecule has 0 aliphatic carbocycles. The fourth-order valence-corrected chi connectivity index (χ4v) is 1.78. The molecule has 1 aromatic rings. The Morgan fingerprint density at radius 3 is 2.39 bits per heavy atom. The molecule has 0 fully saturated rings. The van der Waals surface area contributed by atoms with Gasteiger partial charge in [-0.05, 0) is 24.0 Å². The van der Waals surface area contributed by atoms with Crippen molar-refractivity contribution in [3.8, 4) is 0 Å². The number of aliphatic carboxylic acids is 1. The molecule has 0 aliphatic rings. The van der Waals surface area contributed by atoms with Gasteiger partial charge in [0.25, 0.3) is 0 Å². The zero-order valence-corrected chi connectivity index (χ0v) is 10.2. The average Bonchev–Trinajstić information content (AvgIpc) is 2.24. The standard InChI is InChI=1S/C13H15F3O2/c1-8(2)6-11(12(17)18)9-4-3-5-10(7-9)13(14,15)16/h3-5,7-8,11H,6H2,1-2H3,(H,17,18). The molecule has 0 bridgehead atoms. The topological polar surface area (TPSA) is 37.3 Å². The molecule has 1 unspecified atom stereocenters. The Kier molecular flexibility index (Phi) is 4.38. The van der Waals surface area contributed by atoms with Gasteiger partial charge in [-0.2, -0.15) is 13.2 Å². The number of carboxylic acid groups (broad SMARTS) is 1. The molecular formula is C13H15F3O2. The summed E-state index contributed by atoms with van der Waals surface area (Å²) in [5.41, 5.74) is -0.610. The second-order valence-corrected chi connectivity index (χ2v) is 4.64. The van der Waals surface area contributed by atoms with Gasteiger partial charge in [-0.3, -0.25) is 4.79 Å². The molecule has 1 aromatic carbocycles. The van der Waals surface area contributed by atoms with Crippen LogP contribution >= 0.6 is 0 Å². The van der Waals surface area contributed by atoms with E-state index in [0.29, 0.717) is 6.42 Å². The summed E-state index contributed by atoms with van der Waals surface area (Å²) in [7, 11) is 0. The van der Waals surface area contributed by atoms with Crippen LogP contribution in [0.1, 0.15) is 37.3 Å². The lowest BCUT2D eigenvalue weighted by molar-refractivity contribution is -0.140. The molecule has 100 valence electrons. The van der Waals surface area contributed by atoms with Crippen molar-refractivity contribution in [2.45, 2.75) is 32.4 Å². The molecule has 0 amide bonds. The summed E-state index contributed by atoms with van der Waals surface area (Å²) in [5, 5.41) is 9.09. The van der Waals surface area contributed by atoms with Gasteiger partial charge in [-0.1, -0.05) is 32.0 Å². The predicted octanol–water partition coefficient (Wildman–Crippen LogP) is 3.92. The van der Waals surface area contributed by atoms with E-state index in [0.717, 1.165) is 12.1 Å². The zero-order chi connectivity index (χ0) is 13.9. The number of hydrogen-bond donors (Lipinski definition) is 1. The van der Waals surface area contributed by atoms with Crippen LogP contribution in [-0.2, 0) is 11.0 Å². The molecule has 1 N–H and O–H groups in total. The molecule has 0 spiro atoms. The molecule has 0 heterocycles. The first-order valence-electron chi connectivity index (χ1n) is 5.61. The van der Waals surface area contributed by atoms with Crippen LogP contribution in [0.4, 0.5) is 13.2 Å². The van der Waals surface area contributed by atoms with Crippen LogP contribution in [0.5, 0.6) is 0 Å². The Bertz CT molecular complexity index is 424. The fraction of sp³-hybridized carbons (Fsp3) is 0.462. The van der Waals surface area contributed by atoms with Crippen molar-refractivity contribution in [1.29, 1.82) is 0 Å². The second-order valence-electron chi connectivity index (χ2n) is 4.64. The number of rotatable bonds is 4. The number of halogens is 3. The number of hydrogen-bond acceptors (Lipinski definition) is 1. The monoisotopic (exact) mass is 260 g/mol. The third-order valence-corrected chi connectivity index (χ3v) is 2.62. The van der Waals surface area contributed by atoms with Crippen molar-refractivity contribution in [2.24, 2.45) is 5.92 Å². The maximum absolute atomic E-state index is 12.5. The molecule has 5 heteroatoms. The van der Waals surface area contributed by atoms with Crippen molar-refractivity contribution < 1.29 is 23.1 Å². The second kappa shape index (κ2) is 5.42. The fourth-order valence-electron chi connectivity index (χ4n) is 1.78. The highest BCUT2D eigenvalue weighted by Gasteiger charge is 2.31. The van der Waals surface area contributed by atoms with Crippen LogP contribution in [0.2, 0.25) is 0 Å². The van der Waals surface area contributed by atoms with Gasteiger partial charge in [0.2, 0.25) is 0 Å². The highest BCUT2D eigenvalue weighted by Crippen LogP contribution is 2.32. The smallest absolute Gasteiger partial charge is 0.416 e. The lowest BCUT2D eigenvalue weighted by Crippen LogP contribution is -2.15. The third kappa shape index (κ3) is 3.75. The van der Waals surface area contributed by atoms with Crippen molar-refractivity contribution in [2.75, 3.05) is 0 Å². The molecule has 0 saturated heterocycles.